The average Bonchev–Trinajstić information content (AvgIpc) is 3.44. The Morgan fingerprint density at radius 3 is 2.11 bits per heavy atom. The summed E-state index contributed by atoms with van der Waals surface area (Å²) >= 11 is 6.14. The molecular weight excluding hydrogens is 517 g/mol. The van der Waals surface area contributed by atoms with E-state index in [-0.39, 0.29) is 33.3 Å². The Morgan fingerprint density at radius 2 is 1.58 bits per heavy atom. The van der Waals surface area contributed by atoms with Crippen LogP contribution in [0.4, 0.5) is 36.4 Å². The topological polar surface area (TPSA) is 62.7 Å². The Labute approximate surface area is 206 Å². The number of aliphatic imine (C=N–C) groups is 1. The third-order valence-electron chi connectivity index (χ3n) is 5.86. The van der Waals surface area contributed by atoms with Gasteiger partial charge in [0.15, 0.2) is 0 Å². The quantitative estimate of drug-likeness (QED) is 0.308. The molecule has 194 valence electrons. The maximum absolute atomic E-state index is 14.6. The van der Waals surface area contributed by atoms with Gasteiger partial charge in [0.05, 0.1) is 11.4 Å². The fourth-order valence-corrected chi connectivity index (χ4v) is 4.12. The monoisotopic (exact) mass is 535 g/mol. The molecule has 2 N–H and O–H groups in total. The van der Waals surface area contributed by atoms with Crippen LogP contribution in [-0.2, 0) is 5.67 Å². The van der Waals surface area contributed by atoms with Crippen molar-refractivity contribution in [2.75, 3.05) is 5.01 Å². The molecule has 0 saturated heterocycles. The highest BCUT2D eigenvalue weighted by Crippen LogP contribution is 2.53. The van der Waals surface area contributed by atoms with Crippen molar-refractivity contribution in [2.45, 2.75) is 50.8 Å². The molecule has 1 aliphatic heterocycles. The summed E-state index contributed by atoms with van der Waals surface area (Å²) in [5.41, 5.74) is -0.330. The van der Waals surface area contributed by atoms with Crippen molar-refractivity contribution in [3.05, 3.63) is 69.4 Å². The SMILES string of the molecule is Cc1cc(C(F)(C(F)(F)F)C(F)(F)F)cc(C)c1C1=CN(c2ccc(Cl)c(C([O-])=NC3CC3)c2)NN1. The second-order valence-electron chi connectivity index (χ2n) is 8.62. The summed E-state index contributed by atoms with van der Waals surface area (Å²) in [6.07, 6.45) is -9.26. The standard InChI is InChI=1S/C23H20ClF7N4O/c1-11-7-13(21(25,22(26,27)28)23(29,30)31)8-12(2)19(11)18-10-35(34-33-18)15-5-6-17(24)16(9-15)20(36)32-14-3-4-14/h5-10,14,33-34H,3-4H2,1-2H3,(H,32,36)/p-1. The molecule has 2 aromatic carbocycles. The maximum Gasteiger partial charge on any atom is 0.435 e. The lowest BCUT2D eigenvalue weighted by atomic mass is 9.88. The van der Waals surface area contributed by atoms with E-state index < -0.39 is 29.5 Å². The Bertz CT molecular complexity index is 1210. The number of nitrogens with zero attached hydrogens (tertiary/aromatic N) is 2. The number of hydrogen-bond acceptors (Lipinski definition) is 5. The summed E-state index contributed by atoms with van der Waals surface area (Å²) in [6.45, 7) is 2.56. The van der Waals surface area contributed by atoms with Crippen LogP contribution in [0.25, 0.3) is 5.70 Å². The second kappa shape index (κ2) is 8.84. The molecule has 4 rings (SSSR count). The van der Waals surface area contributed by atoms with Crippen LogP contribution in [0.15, 0.2) is 41.5 Å². The molecule has 36 heavy (non-hydrogen) atoms. The Hall–Kier alpha value is -2.99. The van der Waals surface area contributed by atoms with Crippen LogP contribution in [0.5, 0.6) is 0 Å². The third kappa shape index (κ3) is 4.59. The summed E-state index contributed by atoms with van der Waals surface area (Å²) in [7, 11) is 0. The molecule has 0 radical (unpaired) electrons. The molecule has 0 bridgehead atoms. The van der Waals surface area contributed by atoms with E-state index in [4.69, 9.17) is 11.6 Å². The van der Waals surface area contributed by atoms with E-state index in [1.165, 1.54) is 37.2 Å². The predicted octanol–water partition coefficient (Wildman–Crippen LogP) is 5.34. The maximum atomic E-state index is 14.6. The van der Waals surface area contributed by atoms with Gasteiger partial charge in [-0.25, -0.2) is 4.39 Å². The van der Waals surface area contributed by atoms with Gasteiger partial charge in [-0.05, 0) is 61.9 Å². The molecule has 0 amide bonds. The Kier molecular flexibility index (Phi) is 6.40. The van der Waals surface area contributed by atoms with Gasteiger partial charge >= 0.3 is 18.0 Å². The first-order valence-electron chi connectivity index (χ1n) is 10.7. The molecule has 0 unspecified atom stereocenters. The summed E-state index contributed by atoms with van der Waals surface area (Å²) in [6, 6.07) is 5.65. The van der Waals surface area contributed by atoms with Gasteiger partial charge in [-0.1, -0.05) is 23.7 Å². The summed E-state index contributed by atoms with van der Waals surface area (Å²) in [5.74, 6) is -0.466. The molecule has 0 atom stereocenters. The highest BCUT2D eigenvalue weighted by molar-refractivity contribution is 6.33. The number of anilines is 1. The molecule has 13 heteroatoms. The van der Waals surface area contributed by atoms with Gasteiger partial charge in [-0.2, -0.15) is 26.3 Å². The van der Waals surface area contributed by atoms with Gasteiger partial charge in [0.2, 0.25) is 0 Å². The molecule has 0 aromatic heterocycles. The molecule has 1 saturated carbocycles. The summed E-state index contributed by atoms with van der Waals surface area (Å²) < 4.78 is 93.8. The first kappa shape index (κ1) is 26.1. The molecule has 0 spiro atoms. The highest BCUT2D eigenvalue weighted by atomic mass is 35.5. The van der Waals surface area contributed by atoms with Crippen molar-refractivity contribution in [1.29, 1.82) is 0 Å². The van der Waals surface area contributed by atoms with Crippen LogP contribution < -0.4 is 21.1 Å². The van der Waals surface area contributed by atoms with Gasteiger partial charge in [-0.3, -0.25) is 10.0 Å². The molecular formula is C23H19ClF7N4O-. The third-order valence-corrected chi connectivity index (χ3v) is 6.19. The number of hydrazine groups is 2. The van der Waals surface area contributed by atoms with Crippen LogP contribution >= 0.6 is 11.6 Å². The molecule has 2 aromatic rings. The number of halogens is 8. The van der Waals surface area contributed by atoms with E-state index in [0.29, 0.717) is 23.5 Å². The largest absolute Gasteiger partial charge is 0.858 e. The van der Waals surface area contributed by atoms with E-state index in [1.807, 2.05) is 0 Å². The van der Waals surface area contributed by atoms with E-state index in [9.17, 15) is 35.8 Å². The van der Waals surface area contributed by atoms with E-state index in [0.717, 1.165) is 12.8 Å². The summed E-state index contributed by atoms with van der Waals surface area (Å²) in [5, 5.41) is 14.0. The normalized spacial score (nSPS) is 17.3. The molecule has 1 fully saturated rings. The zero-order valence-corrected chi connectivity index (χ0v) is 19.5. The van der Waals surface area contributed by atoms with Crippen molar-refractivity contribution < 1.29 is 35.8 Å². The number of benzene rings is 2. The van der Waals surface area contributed by atoms with Gasteiger partial charge in [-0.15, -0.1) is 5.53 Å². The minimum Gasteiger partial charge on any atom is -0.858 e. The van der Waals surface area contributed by atoms with Crippen LogP contribution in [-0.4, -0.2) is 24.3 Å². The van der Waals surface area contributed by atoms with Crippen LogP contribution in [0.2, 0.25) is 5.02 Å². The van der Waals surface area contributed by atoms with Crippen molar-refractivity contribution in [1.82, 2.24) is 11.0 Å². The van der Waals surface area contributed by atoms with E-state index in [1.54, 1.807) is 6.07 Å². The van der Waals surface area contributed by atoms with Gasteiger partial charge in [0.25, 0.3) is 0 Å². The van der Waals surface area contributed by atoms with E-state index in [2.05, 4.69) is 16.0 Å². The fourth-order valence-electron chi connectivity index (χ4n) is 3.92. The van der Waals surface area contributed by atoms with Gasteiger partial charge in [0, 0.05) is 34.0 Å². The second-order valence-corrected chi connectivity index (χ2v) is 9.03. The minimum atomic E-state index is -6.20. The van der Waals surface area contributed by atoms with Gasteiger partial charge in [0.1, 0.15) is 0 Å². The average molecular weight is 536 g/mol. The van der Waals surface area contributed by atoms with Crippen LogP contribution in [0, 0.1) is 13.8 Å². The summed E-state index contributed by atoms with van der Waals surface area (Å²) in [4.78, 5) is 4.05. The smallest absolute Gasteiger partial charge is 0.435 e. The zero-order chi connectivity index (χ0) is 26.6. The lowest BCUT2D eigenvalue weighted by molar-refractivity contribution is -0.348. The Morgan fingerprint density at radius 1 is 1.00 bits per heavy atom. The lowest BCUT2D eigenvalue weighted by Gasteiger charge is -2.31. The molecule has 5 nitrogen and oxygen atoms in total. The molecule has 1 aliphatic carbocycles. The number of nitrogens with one attached hydrogen (secondary N) is 2. The zero-order valence-electron chi connectivity index (χ0n) is 18.8. The minimum absolute atomic E-state index is 0.0121. The first-order valence-corrected chi connectivity index (χ1v) is 11.0. The van der Waals surface area contributed by atoms with Crippen molar-refractivity contribution in [2.24, 2.45) is 4.99 Å². The number of aryl methyl sites for hydroxylation is 2. The molecule has 2 aliphatic rings. The van der Waals surface area contributed by atoms with E-state index >= 15 is 0 Å². The van der Waals surface area contributed by atoms with Crippen molar-refractivity contribution >= 4 is 28.9 Å². The van der Waals surface area contributed by atoms with Gasteiger partial charge < -0.3 is 10.5 Å². The number of rotatable bonds is 5. The molecule has 1 heterocycles. The number of hydrogen-bond donors (Lipinski definition) is 2. The highest BCUT2D eigenvalue weighted by Gasteiger charge is 2.73. The van der Waals surface area contributed by atoms with Crippen molar-refractivity contribution in [3.8, 4) is 0 Å². The first-order chi connectivity index (χ1) is 16.6. The lowest BCUT2D eigenvalue weighted by Crippen LogP contribution is -2.50. The van der Waals surface area contributed by atoms with Crippen molar-refractivity contribution in [3.63, 3.8) is 0 Å². The fraction of sp³-hybridized carbons (Fsp3) is 0.348. The van der Waals surface area contributed by atoms with Crippen LogP contribution in [0.1, 0.15) is 40.7 Å². The Balaban J connectivity index is 1.69. The van der Waals surface area contributed by atoms with Crippen LogP contribution in [0.3, 0.4) is 0 Å². The predicted molar refractivity (Wildman–Crippen MR) is 119 cm³/mol. The number of alkyl halides is 7.